The fourth-order valence-electron chi connectivity index (χ4n) is 5.34. The van der Waals surface area contributed by atoms with Crippen LogP contribution in [-0.4, -0.2) is 116 Å². The molecular formula is C32H36O18S. The minimum Gasteiger partial charge on any atom is -0.463 e. The van der Waals surface area contributed by atoms with E-state index in [1.807, 2.05) is 0 Å². The van der Waals surface area contributed by atoms with Crippen molar-refractivity contribution < 1.29 is 84.1 Å². The maximum absolute atomic E-state index is 13.3. The van der Waals surface area contributed by atoms with Crippen molar-refractivity contribution in [2.75, 3.05) is 6.61 Å². The largest absolute Gasteiger partial charge is 0.463 e. The number of carbonyl (C=O) groups is 5. The van der Waals surface area contributed by atoms with Crippen molar-refractivity contribution in [1.29, 1.82) is 0 Å². The molecule has 2 aliphatic rings. The van der Waals surface area contributed by atoms with Gasteiger partial charge in [-0.25, -0.2) is 13.8 Å². The van der Waals surface area contributed by atoms with E-state index in [4.69, 9.17) is 42.1 Å². The van der Waals surface area contributed by atoms with E-state index < -0.39 is 108 Å². The number of carbonyl (C=O) groups excluding carboxylic acids is 5. The van der Waals surface area contributed by atoms with Gasteiger partial charge in [-0.3, -0.25) is 18.9 Å². The smallest absolute Gasteiger partial charge is 0.397 e. The number of aliphatic hydroxyl groups is 1. The van der Waals surface area contributed by atoms with Gasteiger partial charge in [-0.1, -0.05) is 36.4 Å². The molecule has 0 spiro atoms. The van der Waals surface area contributed by atoms with Gasteiger partial charge in [-0.15, -0.1) is 0 Å². The van der Waals surface area contributed by atoms with E-state index in [1.54, 1.807) is 36.4 Å². The molecule has 2 saturated heterocycles. The molecule has 2 N–H and O–H groups in total. The first-order valence-electron chi connectivity index (χ1n) is 15.3. The summed E-state index contributed by atoms with van der Waals surface area (Å²) in [5.41, 5.74) is 0.130. The fourth-order valence-corrected chi connectivity index (χ4v) is 5.84. The molecule has 0 radical (unpaired) electrons. The molecule has 2 aromatic carbocycles. The van der Waals surface area contributed by atoms with E-state index in [-0.39, 0.29) is 11.1 Å². The monoisotopic (exact) mass is 740 g/mol. The molecule has 0 aliphatic carbocycles. The van der Waals surface area contributed by atoms with E-state index in [1.165, 1.54) is 31.2 Å². The first kappa shape index (κ1) is 39.3. The van der Waals surface area contributed by atoms with E-state index in [2.05, 4.69) is 0 Å². The van der Waals surface area contributed by atoms with Crippen LogP contribution in [0.5, 0.6) is 0 Å². The van der Waals surface area contributed by atoms with Crippen LogP contribution in [0.3, 0.4) is 0 Å². The highest BCUT2D eigenvalue weighted by atomic mass is 32.3. The molecule has 2 fully saturated rings. The van der Waals surface area contributed by atoms with Gasteiger partial charge in [-0.2, -0.15) is 8.42 Å². The highest BCUT2D eigenvalue weighted by Crippen LogP contribution is 2.35. The lowest BCUT2D eigenvalue weighted by Gasteiger charge is -2.47. The van der Waals surface area contributed by atoms with Gasteiger partial charge in [0, 0.05) is 20.8 Å². The van der Waals surface area contributed by atoms with E-state index >= 15 is 0 Å². The third-order valence-corrected chi connectivity index (χ3v) is 7.89. The molecule has 0 bridgehead atoms. The second-order valence-electron chi connectivity index (χ2n) is 11.3. The SMILES string of the molecule is CC(=O)OC[C@H]1O[C@@H](O[C@@H]2[C@H](OC(=O)c3ccccc3)[C@H](C)O[C@@H](O)[C@H]2OC(=O)c2ccccc2)[C@H](OC(C)=O)[C@@H](OS(=O)(=O)O)[C@@H]1OC(C)=O. The Morgan fingerprint density at radius 3 is 1.67 bits per heavy atom. The third kappa shape index (κ3) is 10.7. The average molecular weight is 741 g/mol. The molecule has 2 aliphatic heterocycles. The predicted molar refractivity (Wildman–Crippen MR) is 166 cm³/mol. The summed E-state index contributed by atoms with van der Waals surface area (Å²) >= 11 is 0. The van der Waals surface area contributed by atoms with Crippen molar-refractivity contribution in [3.8, 4) is 0 Å². The summed E-state index contributed by atoms with van der Waals surface area (Å²) in [6, 6.07) is 15.2. The molecule has 19 heteroatoms. The summed E-state index contributed by atoms with van der Waals surface area (Å²) in [6.07, 6.45) is -17.8. The molecular weight excluding hydrogens is 704 g/mol. The summed E-state index contributed by atoms with van der Waals surface area (Å²) in [6.45, 7) is 3.57. The summed E-state index contributed by atoms with van der Waals surface area (Å²) < 4.78 is 83.3. The van der Waals surface area contributed by atoms with E-state index in [9.17, 15) is 42.0 Å². The number of hydrogen-bond donors (Lipinski definition) is 2. The predicted octanol–water partition coefficient (Wildman–Crippen LogP) is 0.899. The summed E-state index contributed by atoms with van der Waals surface area (Å²) in [4.78, 5) is 62.7. The Balaban J connectivity index is 1.81. The van der Waals surface area contributed by atoms with Gasteiger partial charge in [0.25, 0.3) is 0 Å². The quantitative estimate of drug-likeness (QED) is 0.174. The van der Waals surface area contributed by atoms with Gasteiger partial charge in [0.1, 0.15) is 18.8 Å². The van der Waals surface area contributed by atoms with Crippen molar-refractivity contribution >= 4 is 40.2 Å². The molecule has 0 amide bonds. The Morgan fingerprint density at radius 1 is 0.667 bits per heavy atom. The van der Waals surface area contributed by atoms with Crippen LogP contribution in [0.2, 0.25) is 0 Å². The molecule has 4 rings (SSSR count). The standard InChI is InChI=1S/C32H36O18S/c1-16-23(47-29(36)20-11-7-5-8-12-20)25(27(31(38)43-16)48-30(37)21-13-9-6-10-14-21)49-32-28(45-19(4)35)26(50-51(39,40)41)24(44-18(3)34)22(46-32)15-42-17(2)33/h5-14,16,22-28,31-32,38H,15H2,1-4H3,(H,39,40,41)/t16-,22+,23+,24+,25+,26-,27-,28+,31+,32-/m0/s1. The van der Waals surface area contributed by atoms with Crippen LogP contribution in [0.4, 0.5) is 0 Å². The molecule has 51 heavy (non-hydrogen) atoms. The van der Waals surface area contributed by atoms with Gasteiger partial charge < -0.3 is 43.0 Å². The van der Waals surface area contributed by atoms with Gasteiger partial charge in [0.05, 0.1) is 17.2 Å². The summed E-state index contributed by atoms with van der Waals surface area (Å²) in [5.74, 6) is -4.79. The van der Waals surface area contributed by atoms with Crippen LogP contribution in [0, 0.1) is 0 Å². The Morgan fingerprint density at radius 2 is 1.18 bits per heavy atom. The number of benzene rings is 2. The van der Waals surface area contributed by atoms with Crippen molar-refractivity contribution in [3.05, 3.63) is 71.8 Å². The zero-order chi connectivity index (χ0) is 37.5. The first-order chi connectivity index (χ1) is 24.0. The van der Waals surface area contributed by atoms with Gasteiger partial charge in [0.15, 0.2) is 43.1 Å². The Kier molecular flexibility index (Phi) is 13.2. The lowest BCUT2D eigenvalue weighted by Crippen LogP contribution is -2.66. The number of esters is 5. The number of hydrogen-bond acceptors (Lipinski definition) is 17. The summed E-state index contributed by atoms with van der Waals surface area (Å²) in [5, 5.41) is 11.1. The highest BCUT2D eigenvalue weighted by molar-refractivity contribution is 7.80. The van der Waals surface area contributed by atoms with E-state index in [0.717, 1.165) is 20.8 Å². The first-order valence-corrected chi connectivity index (χ1v) is 16.7. The average Bonchev–Trinajstić information content (AvgIpc) is 3.05. The van der Waals surface area contributed by atoms with Crippen molar-refractivity contribution in [2.45, 2.75) is 89.1 Å². The topological polar surface area (TPSA) is 243 Å². The molecule has 0 unspecified atom stereocenters. The van der Waals surface area contributed by atoms with E-state index in [0.29, 0.717) is 0 Å². The molecule has 2 aromatic rings. The lowest BCUT2D eigenvalue weighted by molar-refractivity contribution is -0.351. The highest BCUT2D eigenvalue weighted by Gasteiger charge is 2.57. The van der Waals surface area contributed by atoms with Crippen LogP contribution < -0.4 is 0 Å². The minimum atomic E-state index is -5.40. The normalized spacial score (nSPS) is 29.2. The maximum Gasteiger partial charge on any atom is 0.397 e. The second-order valence-corrected chi connectivity index (χ2v) is 12.3. The van der Waals surface area contributed by atoms with Crippen molar-refractivity contribution in [1.82, 2.24) is 0 Å². The minimum absolute atomic E-state index is 0.0406. The molecule has 18 nitrogen and oxygen atoms in total. The zero-order valence-electron chi connectivity index (χ0n) is 27.6. The fraction of sp³-hybridized carbons (Fsp3) is 0.469. The van der Waals surface area contributed by atoms with Crippen LogP contribution in [-0.2, 0) is 66.9 Å². The zero-order valence-corrected chi connectivity index (χ0v) is 28.4. The Hall–Kier alpha value is -4.50. The Labute approximate surface area is 291 Å². The van der Waals surface area contributed by atoms with Crippen LogP contribution in [0.15, 0.2) is 60.7 Å². The second kappa shape index (κ2) is 17.1. The molecule has 2 heterocycles. The maximum atomic E-state index is 13.3. The van der Waals surface area contributed by atoms with Crippen LogP contribution in [0.25, 0.3) is 0 Å². The van der Waals surface area contributed by atoms with Crippen LogP contribution in [0.1, 0.15) is 48.4 Å². The molecule has 278 valence electrons. The number of aliphatic hydroxyl groups excluding tert-OH is 1. The molecule has 0 aromatic heterocycles. The van der Waals surface area contributed by atoms with Gasteiger partial charge in [0.2, 0.25) is 0 Å². The number of rotatable bonds is 12. The molecule has 10 atom stereocenters. The summed E-state index contributed by atoms with van der Waals surface area (Å²) in [7, 11) is -5.40. The lowest BCUT2D eigenvalue weighted by atomic mass is 9.96. The van der Waals surface area contributed by atoms with Crippen LogP contribution >= 0.6 is 0 Å². The van der Waals surface area contributed by atoms with Crippen molar-refractivity contribution in [3.63, 3.8) is 0 Å². The molecule has 0 saturated carbocycles. The Bertz CT molecular complexity index is 1580. The van der Waals surface area contributed by atoms with Gasteiger partial charge in [-0.05, 0) is 31.2 Å². The third-order valence-electron chi connectivity index (χ3n) is 7.42. The number of ether oxygens (including phenoxy) is 8. The van der Waals surface area contributed by atoms with Gasteiger partial charge >= 0.3 is 40.2 Å². The van der Waals surface area contributed by atoms with Crippen molar-refractivity contribution in [2.24, 2.45) is 0 Å².